The second-order valence-corrected chi connectivity index (χ2v) is 9.04. The Morgan fingerprint density at radius 3 is 2.56 bits per heavy atom. The number of carbonyl (C=O) groups is 1. The monoisotopic (exact) mass is 398 g/mol. The average Bonchev–Trinajstić information content (AvgIpc) is 3.21. The van der Waals surface area contributed by atoms with Gasteiger partial charge < -0.3 is 5.32 Å². The van der Waals surface area contributed by atoms with Crippen LogP contribution in [0, 0.1) is 0 Å². The summed E-state index contributed by atoms with van der Waals surface area (Å²) in [6.45, 7) is 0. The number of sulfonamides is 1. The fraction of sp³-hybridized carbons (Fsp3) is 0.150. The van der Waals surface area contributed by atoms with Crippen LogP contribution < -0.4 is 10.0 Å². The summed E-state index contributed by atoms with van der Waals surface area (Å²) in [5.74, 6) is -0.0435. The second-order valence-electron chi connectivity index (χ2n) is 6.35. The minimum atomic E-state index is -3.74. The Bertz CT molecular complexity index is 1060. The van der Waals surface area contributed by atoms with E-state index in [9.17, 15) is 13.2 Å². The van der Waals surface area contributed by atoms with Gasteiger partial charge in [-0.15, -0.1) is 11.3 Å². The fourth-order valence-electron chi connectivity index (χ4n) is 3.14. The molecule has 1 aliphatic heterocycles. The number of anilines is 1. The maximum atomic E-state index is 13.1. The van der Waals surface area contributed by atoms with E-state index in [2.05, 4.69) is 10.0 Å². The third kappa shape index (κ3) is 3.80. The van der Waals surface area contributed by atoms with Crippen LogP contribution in [0.5, 0.6) is 0 Å². The normalized spacial score (nSPS) is 15.0. The van der Waals surface area contributed by atoms with Crippen LogP contribution in [0.3, 0.4) is 0 Å². The molecule has 27 heavy (non-hydrogen) atoms. The average molecular weight is 399 g/mol. The van der Waals surface area contributed by atoms with Gasteiger partial charge in [0, 0.05) is 17.0 Å². The van der Waals surface area contributed by atoms with E-state index in [0.717, 1.165) is 16.0 Å². The van der Waals surface area contributed by atoms with E-state index in [1.54, 1.807) is 12.1 Å². The number of aryl methyl sites for hydroxylation is 1. The van der Waals surface area contributed by atoms with Gasteiger partial charge in [-0.1, -0.05) is 36.4 Å². The van der Waals surface area contributed by atoms with Crippen LogP contribution in [-0.2, 0) is 21.2 Å². The van der Waals surface area contributed by atoms with Crippen LogP contribution in [0.1, 0.15) is 28.5 Å². The molecule has 0 unspecified atom stereocenters. The van der Waals surface area contributed by atoms with Crippen molar-refractivity contribution in [3.05, 3.63) is 82.0 Å². The van der Waals surface area contributed by atoms with E-state index in [1.165, 1.54) is 17.4 Å². The molecule has 0 saturated heterocycles. The van der Waals surface area contributed by atoms with Crippen molar-refractivity contribution in [2.75, 3.05) is 5.32 Å². The molecule has 5 nitrogen and oxygen atoms in total. The van der Waals surface area contributed by atoms with Crippen molar-refractivity contribution < 1.29 is 13.2 Å². The predicted molar refractivity (Wildman–Crippen MR) is 106 cm³/mol. The number of rotatable bonds is 5. The lowest BCUT2D eigenvalue weighted by atomic mass is 10.0. The van der Waals surface area contributed by atoms with Gasteiger partial charge in [-0.05, 0) is 47.2 Å². The maximum Gasteiger partial charge on any atom is 0.241 e. The van der Waals surface area contributed by atoms with Gasteiger partial charge in [-0.2, -0.15) is 4.72 Å². The first-order valence-electron chi connectivity index (χ1n) is 8.56. The summed E-state index contributed by atoms with van der Waals surface area (Å²) in [5, 5.41) is 4.71. The van der Waals surface area contributed by atoms with Crippen LogP contribution in [0.2, 0.25) is 0 Å². The molecule has 0 bridgehead atoms. The second kappa shape index (κ2) is 7.26. The molecule has 0 fully saturated rings. The van der Waals surface area contributed by atoms with Crippen LogP contribution in [0.15, 0.2) is 70.9 Å². The summed E-state index contributed by atoms with van der Waals surface area (Å²) in [6.07, 6.45) is 0.906. The first kappa shape index (κ1) is 17.9. The zero-order chi connectivity index (χ0) is 18.9. The molecule has 0 saturated carbocycles. The van der Waals surface area contributed by atoms with Crippen molar-refractivity contribution in [3.63, 3.8) is 0 Å². The van der Waals surface area contributed by atoms with Gasteiger partial charge in [0.05, 0.1) is 10.9 Å². The topological polar surface area (TPSA) is 75.3 Å². The van der Waals surface area contributed by atoms with Gasteiger partial charge in [0.25, 0.3) is 0 Å². The maximum absolute atomic E-state index is 13.1. The van der Waals surface area contributed by atoms with Gasteiger partial charge in [0.1, 0.15) is 0 Å². The predicted octanol–water partition coefficient (Wildman–Crippen LogP) is 3.70. The van der Waals surface area contributed by atoms with Gasteiger partial charge in [0.15, 0.2) is 0 Å². The Labute approximate surface area is 162 Å². The number of nitrogens with one attached hydrogen (secondary N) is 2. The molecule has 4 rings (SSSR count). The van der Waals surface area contributed by atoms with Crippen molar-refractivity contribution >= 4 is 33.0 Å². The Morgan fingerprint density at radius 2 is 1.81 bits per heavy atom. The Balaban J connectivity index is 1.68. The fourth-order valence-corrected chi connectivity index (χ4v) is 5.27. The molecular formula is C20H18N2O3S2. The molecular weight excluding hydrogens is 380 g/mol. The number of benzene rings is 2. The smallest absolute Gasteiger partial charge is 0.241 e. The molecule has 1 amide bonds. The number of hydrogen-bond donors (Lipinski definition) is 2. The minimum absolute atomic E-state index is 0.0435. The summed E-state index contributed by atoms with van der Waals surface area (Å²) >= 11 is 1.51. The Morgan fingerprint density at radius 1 is 1.00 bits per heavy atom. The van der Waals surface area contributed by atoms with Crippen LogP contribution in [0.25, 0.3) is 0 Å². The van der Waals surface area contributed by atoms with E-state index >= 15 is 0 Å². The van der Waals surface area contributed by atoms with Crippen molar-refractivity contribution in [2.45, 2.75) is 23.8 Å². The van der Waals surface area contributed by atoms with E-state index in [1.807, 2.05) is 47.8 Å². The highest BCUT2D eigenvalue weighted by Crippen LogP contribution is 2.30. The number of carbonyl (C=O) groups excluding carboxylic acids is 1. The van der Waals surface area contributed by atoms with Crippen LogP contribution in [-0.4, -0.2) is 14.3 Å². The first-order valence-corrected chi connectivity index (χ1v) is 10.9. The first-order chi connectivity index (χ1) is 13.0. The number of fused-ring (bicyclic) bond motifs is 1. The lowest BCUT2D eigenvalue weighted by Crippen LogP contribution is -2.29. The summed E-state index contributed by atoms with van der Waals surface area (Å²) in [7, 11) is -3.74. The lowest BCUT2D eigenvalue weighted by molar-refractivity contribution is -0.116. The summed E-state index contributed by atoms with van der Waals surface area (Å²) in [5.41, 5.74) is 2.40. The lowest BCUT2D eigenvalue weighted by Gasteiger charge is -2.20. The molecule has 2 N–H and O–H groups in total. The highest BCUT2D eigenvalue weighted by Gasteiger charge is 2.25. The highest BCUT2D eigenvalue weighted by molar-refractivity contribution is 7.89. The third-order valence-electron chi connectivity index (χ3n) is 4.52. The van der Waals surface area contributed by atoms with Crippen molar-refractivity contribution in [2.24, 2.45) is 0 Å². The van der Waals surface area contributed by atoms with E-state index < -0.39 is 16.1 Å². The van der Waals surface area contributed by atoms with Crippen LogP contribution >= 0.6 is 11.3 Å². The summed E-state index contributed by atoms with van der Waals surface area (Å²) < 4.78 is 29.0. The summed E-state index contributed by atoms with van der Waals surface area (Å²) in [6, 6.07) is 17.7. The number of amides is 1. The van der Waals surface area contributed by atoms with Gasteiger partial charge in [0.2, 0.25) is 15.9 Å². The summed E-state index contributed by atoms with van der Waals surface area (Å²) in [4.78, 5) is 12.6. The molecule has 138 valence electrons. The van der Waals surface area contributed by atoms with E-state index in [4.69, 9.17) is 0 Å². The van der Waals surface area contributed by atoms with Gasteiger partial charge in [-0.3, -0.25) is 4.79 Å². The van der Waals surface area contributed by atoms with Gasteiger partial charge >= 0.3 is 0 Å². The molecule has 0 radical (unpaired) electrons. The molecule has 1 aromatic heterocycles. The van der Waals surface area contributed by atoms with Crippen molar-refractivity contribution in [1.82, 2.24) is 4.72 Å². The number of thiophene rings is 1. The molecule has 2 aromatic carbocycles. The highest BCUT2D eigenvalue weighted by atomic mass is 32.2. The molecule has 7 heteroatoms. The van der Waals surface area contributed by atoms with Crippen LogP contribution in [0.4, 0.5) is 5.69 Å². The van der Waals surface area contributed by atoms with E-state index in [0.29, 0.717) is 18.5 Å². The zero-order valence-electron chi connectivity index (χ0n) is 14.4. The quantitative estimate of drug-likeness (QED) is 0.688. The third-order valence-corrected chi connectivity index (χ3v) is 6.87. The van der Waals surface area contributed by atoms with E-state index in [-0.39, 0.29) is 10.8 Å². The molecule has 1 atom stereocenters. The zero-order valence-corrected chi connectivity index (χ0v) is 16.0. The van der Waals surface area contributed by atoms with Crippen molar-refractivity contribution in [3.8, 4) is 0 Å². The number of hydrogen-bond acceptors (Lipinski definition) is 4. The molecule has 3 aromatic rings. The standard InChI is InChI=1S/C20H18N2O3S2/c23-19-11-8-15-13-16(9-10-17(15)21-19)27(24,25)22-20(18-7-4-12-26-18)14-5-2-1-3-6-14/h1-7,9-10,12-13,20,22H,8,11H2,(H,21,23)/t20-/m0/s1. The molecule has 1 aliphatic rings. The largest absolute Gasteiger partial charge is 0.326 e. The molecule has 0 spiro atoms. The molecule has 0 aliphatic carbocycles. The Kier molecular flexibility index (Phi) is 4.82. The van der Waals surface area contributed by atoms with Crippen molar-refractivity contribution in [1.29, 1.82) is 0 Å². The van der Waals surface area contributed by atoms with Gasteiger partial charge in [-0.25, -0.2) is 8.42 Å². The molecule has 2 heterocycles. The minimum Gasteiger partial charge on any atom is -0.326 e. The Hall–Kier alpha value is -2.48. The SMILES string of the molecule is O=C1CCc2cc(S(=O)(=O)N[C@@H](c3ccccc3)c3cccs3)ccc2N1.